The van der Waals surface area contributed by atoms with Crippen LogP contribution in [0, 0.1) is 17.8 Å². The second kappa shape index (κ2) is 11.6. The molecule has 1 aromatic carbocycles. The SMILES string of the molecule is CCCC1CCC(C2CCC(OC(=O)c3ccc(OC(F)(F)C(F)C(F)(F)F)c(Cl)c3)CC2)CC1. The Kier molecular flexibility index (Phi) is 9.27. The van der Waals surface area contributed by atoms with Gasteiger partial charge < -0.3 is 9.47 Å². The van der Waals surface area contributed by atoms with Gasteiger partial charge in [-0.2, -0.15) is 22.0 Å². The Morgan fingerprint density at radius 1 is 1.00 bits per heavy atom. The molecule has 0 N–H and O–H groups in total. The smallest absolute Gasteiger partial charge is 0.439 e. The summed E-state index contributed by atoms with van der Waals surface area (Å²) in [7, 11) is 0. The average molecular weight is 529 g/mol. The number of halogens is 7. The van der Waals surface area contributed by atoms with Crippen LogP contribution in [0.2, 0.25) is 5.02 Å². The molecule has 2 saturated carbocycles. The lowest BCUT2D eigenvalue weighted by Gasteiger charge is -2.37. The van der Waals surface area contributed by atoms with Gasteiger partial charge in [0.2, 0.25) is 0 Å². The Morgan fingerprint density at radius 3 is 2.09 bits per heavy atom. The van der Waals surface area contributed by atoms with Gasteiger partial charge in [0.05, 0.1) is 10.6 Å². The molecule has 2 aliphatic carbocycles. The van der Waals surface area contributed by atoms with Gasteiger partial charge in [0.1, 0.15) is 11.9 Å². The fraction of sp³-hybridized carbons (Fsp3) is 0.720. The van der Waals surface area contributed by atoms with Crippen LogP contribution in [0.3, 0.4) is 0 Å². The van der Waals surface area contributed by atoms with Crippen LogP contribution >= 0.6 is 11.6 Å². The Balaban J connectivity index is 1.50. The van der Waals surface area contributed by atoms with E-state index in [4.69, 9.17) is 16.3 Å². The fourth-order valence-electron chi connectivity index (χ4n) is 5.35. The predicted molar refractivity (Wildman–Crippen MR) is 119 cm³/mol. The zero-order valence-corrected chi connectivity index (χ0v) is 20.3. The van der Waals surface area contributed by atoms with Crippen LogP contribution < -0.4 is 4.74 Å². The maximum Gasteiger partial charge on any atom is 0.439 e. The number of carbonyl (C=O) groups excluding carboxylic acids is 1. The largest absolute Gasteiger partial charge is 0.459 e. The summed E-state index contributed by atoms with van der Waals surface area (Å²) in [6, 6.07) is 2.79. The maximum atomic E-state index is 13.5. The van der Waals surface area contributed by atoms with E-state index in [0.717, 1.165) is 55.7 Å². The van der Waals surface area contributed by atoms with E-state index >= 15 is 0 Å². The minimum absolute atomic E-state index is 0.0605. The van der Waals surface area contributed by atoms with Gasteiger partial charge in [0.15, 0.2) is 0 Å². The molecule has 3 rings (SSSR count). The first-order valence-corrected chi connectivity index (χ1v) is 12.6. The maximum absolute atomic E-state index is 13.5. The third kappa shape index (κ3) is 7.43. The van der Waals surface area contributed by atoms with Gasteiger partial charge in [-0.1, -0.05) is 44.2 Å². The van der Waals surface area contributed by atoms with Crippen molar-refractivity contribution in [3.05, 3.63) is 28.8 Å². The molecule has 10 heteroatoms. The van der Waals surface area contributed by atoms with Crippen molar-refractivity contribution in [1.29, 1.82) is 0 Å². The molecule has 198 valence electrons. The van der Waals surface area contributed by atoms with Crippen LogP contribution in [0.5, 0.6) is 5.75 Å². The minimum atomic E-state index is -5.81. The molecule has 0 amide bonds. The zero-order chi connectivity index (χ0) is 25.8. The summed E-state index contributed by atoms with van der Waals surface area (Å²) in [5.74, 6) is 0.620. The minimum Gasteiger partial charge on any atom is -0.459 e. The Hall–Kier alpha value is -1.64. The van der Waals surface area contributed by atoms with E-state index in [-0.39, 0.29) is 11.7 Å². The van der Waals surface area contributed by atoms with Crippen LogP contribution in [0.15, 0.2) is 18.2 Å². The molecule has 0 spiro atoms. The highest BCUT2D eigenvalue weighted by Crippen LogP contribution is 2.42. The molecule has 1 aromatic rings. The molecule has 0 radical (unpaired) electrons. The van der Waals surface area contributed by atoms with Crippen LogP contribution in [-0.4, -0.2) is 30.5 Å². The van der Waals surface area contributed by atoms with Crippen molar-refractivity contribution < 1.29 is 40.6 Å². The molecular formula is C25H31ClF6O3. The monoisotopic (exact) mass is 528 g/mol. The normalized spacial score (nSPS) is 26.7. The van der Waals surface area contributed by atoms with Crippen LogP contribution in [0.1, 0.15) is 81.5 Å². The van der Waals surface area contributed by atoms with Crippen molar-refractivity contribution in [3.8, 4) is 5.75 Å². The van der Waals surface area contributed by atoms with Crippen molar-refractivity contribution in [1.82, 2.24) is 0 Å². The Morgan fingerprint density at radius 2 is 1.57 bits per heavy atom. The third-order valence-corrected chi connectivity index (χ3v) is 7.54. The number of benzene rings is 1. The number of rotatable bonds is 8. The Labute approximate surface area is 206 Å². The Bertz CT molecular complexity index is 846. The molecule has 0 aliphatic heterocycles. The van der Waals surface area contributed by atoms with E-state index in [1.54, 1.807) is 0 Å². The molecule has 1 unspecified atom stereocenters. The van der Waals surface area contributed by atoms with Gasteiger partial charge in [-0.3, -0.25) is 0 Å². The molecule has 2 aliphatic rings. The molecule has 0 bridgehead atoms. The number of esters is 1. The summed E-state index contributed by atoms with van der Waals surface area (Å²) in [5.41, 5.74) is -0.0605. The number of alkyl halides is 6. The summed E-state index contributed by atoms with van der Waals surface area (Å²) in [4.78, 5) is 12.5. The summed E-state index contributed by atoms with van der Waals surface area (Å²) < 4.78 is 86.3. The molecule has 35 heavy (non-hydrogen) atoms. The number of carbonyl (C=O) groups is 1. The standard InChI is InChI=1S/C25H31ClF6O3/c1-2-3-15-4-6-16(7-5-15)17-8-11-19(12-9-17)34-22(33)18-10-13-21(20(26)14-18)35-25(31,32)23(27)24(28,29)30/h10,13-17,19,23H,2-9,11-12H2,1H3. The van der Waals surface area contributed by atoms with E-state index in [2.05, 4.69) is 11.7 Å². The molecule has 0 heterocycles. The number of hydrogen-bond acceptors (Lipinski definition) is 3. The van der Waals surface area contributed by atoms with E-state index < -0.39 is 35.2 Å². The van der Waals surface area contributed by atoms with Gasteiger partial charge >= 0.3 is 18.3 Å². The van der Waals surface area contributed by atoms with Crippen molar-refractivity contribution in [2.75, 3.05) is 0 Å². The predicted octanol–water partition coefficient (Wildman–Crippen LogP) is 8.53. The lowest BCUT2D eigenvalue weighted by molar-refractivity contribution is -0.304. The first-order valence-electron chi connectivity index (χ1n) is 12.2. The van der Waals surface area contributed by atoms with Gasteiger partial charge in [0.25, 0.3) is 6.17 Å². The van der Waals surface area contributed by atoms with Crippen molar-refractivity contribution in [2.45, 2.75) is 95.7 Å². The first-order chi connectivity index (χ1) is 16.4. The van der Waals surface area contributed by atoms with E-state index in [1.165, 1.54) is 38.5 Å². The van der Waals surface area contributed by atoms with Crippen LogP contribution in [0.25, 0.3) is 0 Å². The highest BCUT2D eigenvalue weighted by Gasteiger charge is 2.59. The molecule has 0 aromatic heterocycles. The second-order valence-corrected chi connectivity index (χ2v) is 10.1. The zero-order valence-electron chi connectivity index (χ0n) is 19.6. The first kappa shape index (κ1) is 27.9. The second-order valence-electron chi connectivity index (χ2n) is 9.72. The van der Waals surface area contributed by atoms with Crippen LogP contribution in [-0.2, 0) is 4.74 Å². The van der Waals surface area contributed by atoms with Crippen molar-refractivity contribution in [3.63, 3.8) is 0 Å². The van der Waals surface area contributed by atoms with E-state index in [1.807, 2.05) is 0 Å². The summed E-state index contributed by atoms with van der Waals surface area (Å²) in [6.07, 6.45) is -4.71. The lowest BCUT2D eigenvalue weighted by Crippen LogP contribution is -2.45. The molecule has 1 atom stereocenters. The summed E-state index contributed by atoms with van der Waals surface area (Å²) >= 11 is 5.81. The molecule has 2 fully saturated rings. The van der Waals surface area contributed by atoms with Gasteiger partial charge in [-0.25, -0.2) is 9.18 Å². The van der Waals surface area contributed by atoms with Gasteiger partial charge in [-0.15, -0.1) is 0 Å². The highest BCUT2D eigenvalue weighted by molar-refractivity contribution is 6.32. The van der Waals surface area contributed by atoms with Gasteiger partial charge in [0, 0.05) is 0 Å². The van der Waals surface area contributed by atoms with E-state index in [9.17, 15) is 31.1 Å². The van der Waals surface area contributed by atoms with Crippen molar-refractivity contribution in [2.24, 2.45) is 17.8 Å². The molecule has 3 nitrogen and oxygen atoms in total. The summed E-state index contributed by atoms with van der Waals surface area (Å²) in [5, 5.41) is -0.559. The van der Waals surface area contributed by atoms with E-state index in [0.29, 0.717) is 5.92 Å². The highest BCUT2D eigenvalue weighted by atomic mass is 35.5. The number of hydrogen-bond donors (Lipinski definition) is 0. The number of ether oxygens (including phenoxy) is 2. The summed E-state index contributed by atoms with van der Waals surface area (Å²) in [6.45, 7) is 2.22. The van der Waals surface area contributed by atoms with Gasteiger partial charge in [-0.05, 0) is 74.5 Å². The fourth-order valence-corrected chi connectivity index (χ4v) is 5.57. The lowest BCUT2D eigenvalue weighted by atomic mass is 9.70. The molecule has 0 saturated heterocycles. The third-order valence-electron chi connectivity index (χ3n) is 7.24. The quantitative estimate of drug-likeness (QED) is 0.250. The topological polar surface area (TPSA) is 35.5 Å². The van der Waals surface area contributed by atoms with Crippen LogP contribution in [0.4, 0.5) is 26.3 Å². The van der Waals surface area contributed by atoms with Crippen molar-refractivity contribution >= 4 is 17.6 Å². The molecular weight excluding hydrogens is 498 g/mol. The average Bonchev–Trinajstić information content (AvgIpc) is 2.80.